The van der Waals surface area contributed by atoms with Crippen LogP contribution in [0.15, 0.2) is 87.7 Å². The van der Waals surface area contributed by atoms with E-state index in [9.17, 15) is 0 Å². The zero-order chi connectivity index (χ0) is 17.8. The fourth-order valence-electron chi connectivity index (χ4n) is 2.39. The molecule has 0 aliphatic rings. The molecule has 6 heteroatoms. The highest BCUT2D eigenvalue weighted by atomic mass is 35.5. The third kappa shape index (κ3) is 4.07. The predicted molar refractivity (Wildman–Crippen MR) is 113 cm³/mol. The first kappa shape index (κ1) is 17.1. The van der Waals surface area contributed by atoms with E-state index in [4.69, 9.17) is 11.6 Å². The molecule has 0 saturated heterocycles. The molecular formula is C20H14ClN3S2. The van der Waals surface area contributed by atoms with Gasteiger partial charge in [0, 0.05) is 20.4 Å². The Morgan fingerprint density at radius 3 is 2.58 bits per heavy atom. The molecule has 4 rings (SSSR count). The molecule has 3 aromatic carbocycles. The number of nitrogens with one attached hydrogen (secondary N) is 1. The molecule has 4 aromatic rings. The molecule has 1 N–H and O–H groups in total. The first-order valence-electron chi connectivity index (χ1n) is 7.95. The number of halogens is 1. The van der Waals surface area contributed by atoms with E-state index in [1.807, 2.05) is 66.9 Å². The maximum atomic E-state index is 5.96. The summed E-state index contributed by atoms with van der Waals surface area (Å²) in [5, 5.41) is 5.88. The van der Waals surface area contributed by atoms with Crippen molar-refractivity contribution in [2.24, 2.45) is 5.10 Å². The Labute approximate surface area is 164 Å². The van der Waals surface area contributed by atoms with Crippen molar-refractivity contribution in [3.63, 3.8) is 0 Å². The number of hydrogen-bond donors (Lipinski definition) is 1. The summed E-state index contributed by atoms with van der Waals surface area (Å²) >= 11 is 9.23. The molecule has 0 aliphatic carbocycles. The topological polar surface area (TPSA) is 37.3 Å². The number of hydrogen-bond acceptors (Lipinski definition) is 5. The summed E-state index contributed by atoms with van der Waals surface area (Å²) in [6, 6.07) is 24.0. The third-order valence-electron chi connectivity index (χ3n) is 3.62. The molecule has 0 spiro atoms. The molecular weight excluding hydrogens is 382 g/mol. The van der Waals surface area contributed by atoms with Gasteiger partial charge in [-0.3, -0.25) is 5.43 Å². The second-order valence-corrected chi connectivity index (χ2v) is 8.03. The summed E-state index contributed by atoms with van der Waals surface area (Å²) < 4.78 is 1.14. The van der Waals surface area contributed by atoms with Crippen molar-refractivity contribution in [2.75, 3.05) is 5.43 Å². The van der Waals surface area contributed by atoms with Crippen LogP contribution < -0.4 is 5.43 Å². The van der Waals surface area contributed by atoms with E-state index < -0.39 is 0 Å². The van der Waals surface area contributed by atoms with Gasteiger partial charge in [-0.1, -0.05) is 65.0 Å². The van der Waals surface area contributed by atoms with Crippen LogP contribution in [0.2, 0.25) is 5.02 Å². The van der Waals surface area contributed by atoms with Gasteiger partial charge in [0.15, 0.2) is 0 Å². The van der Waals surface area contributed by atoms with Crippen molar-refractivity contribution in [1.29, 1.82) is 0 Å². The van der Waals surface area contributed by atoms with Crippen LogP contribution in [-0.4, -0.2) is 11.2 Å². The normalized spacial score (nSPS) is 11.3. The highest BCUT2D eigenvalue weighted by Crippen LogP contribution is 2.30. The van der Waals surface area contributed by atoms with Crippen LogP contribution in [0, 0.1) is 0 Å². The molecule has 128 valence electrons. The number of nitrogens with zero attached hydrogens (tertiary/aromatic N) is 2. The Bertz CT molecular complexity index is 1030. The Hall–Kier alpha value is -2.34. The van der Waals surface area contributed by atoms with Gasteiger partial charge in [-0.2, -0.15) is 5.10 Å². The highest BCUT2D eigenvalue weighted by Gasteiger charge is 2.04. The molecule has 0 aliphatic heterocycles. The average molecular weight is 396 g/mol. The number of aromatic nitrogens is 1. The molecule has 0 saturated carbocycles. The van der Waals surface area contributed by atoms with Crippen LogP contribution in [0.3, 0.4) is 0 Å². The summed E-state index contributed by atoms with van der Waals surface area (Å²) in [4.78, 5) is 6.78. The zero-order valence-corrected chi connectivity index (χ0v) is 16.0. The zero-order valence-electron chi connectivity index (χ0n) is 13.6. The molecule has 0 radical (unpaired) electrons. The van der Waals surface area contributed by atoms with Crippen LogP contribution >= 0.6 is 34.7 Å². The summed E-state index contributed by atoms with van der Waals surface area (Å²) in [5.74, 6) is 0. The van der Waals surface area contributed by atoms with Crippen LogP contribution in [0.4, 0.5) is 5.13 Å². The van der Waals surface area contributed by atoms with Gasteiger partial charge in [-0.15, -0.1) is 0 Å². The van der Waals surface area contributed by atoms with E-state index in [-0.39, 0.29) is 0 Å². The largest absolute Gasteiger partial charge is 0.253 e. The lowest BCUT2D eigenvalue weighted by molar-refractivity contribution is 1.30. The second kappa shape index (κ2) is 7.91. The van der Waals surface area contributed by atoms with Gasteiger partial charge in [0.2, 0.25) is 5.13 Å². The van der Waals surface area contributed by atoms with Crippen molar-refractivity contribution in [2.45, 2.75) is 9.79 Å². The van der Waals surface area contributed by atoms with Crippen LogP contribution in [-0.2, 0) is 0 Å². The standard InChI is InChI=1S/C20H14ClN3S2/c21-15-9-11-16(12-10-15)25-18-7-3-1-5-14(18)13-22-24-20-23-17-6-2-4-8-19(17)26-20/h1-13H,(H,23,24). The number of fused-ring (bicyclic) bond motifs is 1. The summed E-state index contributed by atoms with van der Waals surface area (Å²) in [6.07, 6.45) is 1.82. The molecule has 0 unspecified atom stereocenters. The molecule has 0 fully saturated rings. The SMILES string of the molecule is Clc1ccc(Sc2ccccc2C=NNc2nc3ccccc3s2)cc1. The lowest BCUT2D eigenvalue weighted by Gasteiger charge is -2.05. The molecule has 0 amide bonds. The van der Waals surface area contributed by atoms with Gasteiger partial charge in [0.1, 0.15) is 0 Å². The molecule has 26 heavy (non-hydrogen) atoms. The first-order chi connectivity index (χ1) is 12.8. The van der Waals surface area contributed by atoms with Crippen LogP contribution in [0.5, 0.6) is 0 Å². The number of hydrazone groups is 1. The van der Waals surface area contributed by atoms with E-state index in [1.54, 1.807) is 23.1 Å². The quantitative estimate of drug-likeness (QED) is 0.307. The summed E-state index contributed by atoms with van der Waals surface area (Å²) in [7, 11) is 0. The Morgan fingerprint density at radius 1 is 0.962 bits per heavy atom. The molecule has 1 heterocycles. The number of anilines is 1. The smallest absolute Gasteiger partial charge is 0.204 e. The third-order valence-corrected chi connectivity index (χ3v) is 5.91. The van der Waals surface area contributed by atoms with E-state index in [0.717, 1.165) is 35.7 Å². The lowest BCUT2D eigenvalue weighted by Crippen LogP contribution is -1.91. The van der Waals surface area contributed by atoms with Gasteiger partial charge >= 0.3 is 0 Å². The Kier molecular flexibility index (Phi) is 5.20. The van der Waals surface area contributed by atoms with Gasteiger partial charge in [-0.05, 0) is 42.5 Å². The van der Waals surface area contributed by atoms with Crippen molar-refractivity contribution < 1.29 is 0 Å². The molecule has 1 aromatic heterocycles. The monoisotopic (exact) mass is 395 g/mol. The summed E-state index contributed by atoms with van der Waals surface area (Å²) in [5.41, 5.74) is 5.05. The van der Waals surface area contributed by atoms with Gasteiger partial charge < -0.3 is 0 Å². The maximum absolute atomic E-state index is 5.96. The average Bonchev–Trinajstić information content (AvgIpc) is 3.08. The minimum Gasteiger partial charge on any atom is -0.253 e. The number of para-hydroxylation sites is 1. The highest BCUT2D eigenvalue weighted by molar-refractivity contribution is 7.99. The Balaban J connectivity index is 1.50. The van der Waals surface area contributed by atoms with Crippen molar-refractivity contribution in [3.05, 3.63) is 83.4 Å². The predicted octanol–water partition coefficient (Wildman–Crippen LogP) is 6.55. The van der Waals surface area contributed by atoms with E-state index in [0.29, 0.717) is 0 Å². The minimum atomic E-state index is 0.740. The fourth-order valence-corrected chi connectivity index (χ4v) is 4.24. The van der Waals surface area contributed by atoms with E-state index in [2.05, 4.69) is 27.6 Å². The Morgan fingerprint density at radius 2 is 1.73 bits per heavy atom. The van der Waals surface area contributed by atoms with Crippen LogP contribution in [0.1, 0.15) is 5.56 Å². The van der Waals surface area contributed by atoms with E-state index in [1.165, 1.54) is 0 Å². The summed E-state index contributed by atoms with van der Waals surface area (Å²) in [6.45, 7) is 0. The number of benzene rings is 3. The minimum absolute atomic E-state index is 0.740. The fraction of sp³-hybridized carbons (Fsp3) is 0. The second-order valence-electron chi connectivity index (χ2n) is 5.45. The molecule has 0 atom stereocenters. The van der Waals surface area contributed by atoms with Crippen molar-refractivity contribution in [3.8, 4) is 0 Å². The van der Waals surface area contributed by atoms with Crippen LogP contribution in [0.25, 0.3) is 10.2 Å². The van der Waals surface area contributed by atoms with Crippen molar-refractivity contribution >= 4 is 56.3 Å². The van der Waals surface area contributed by atoms with Gasteiger partial charge in [-0.25, -0.2) is 4.98 Å². The van der Waals surface area contributed by atoms with Crippen molar-refractivity contribution in [1.82, 2.24) is 4.98 Å². The van der Waals surface area contributed by atoms with E-state index >= 15 is 0 Å². The van der Waals surface area contributed by atoms with Gasteiger partial charge in [0.05, 0.1) is 16.4 Å². The molecule has 0 bridgehead atoms. The maximum Gasteiger partial charge on any atom is 0.204 e. The first-order valence-corrected chi connectivity index (χ1v) is 9.96. The lowest BCUT2D eigenvalue weighted by atomic mass is 10.2. The number of rotatable bonds is 5. The molecule has 3 nitrogen and oxygen atoms in total. The van der Waals surface area contributed by atoms with Gasteiger partial charge in [0.25, 0.3) is 0 Å². The number of thiazole rings is 1.